The maximum atomic E-state index is 9.30. The van der Waals surface area contributed by atoms with E-state index >= 15 is 0 Å². The summed E-state index contributed by atoms with van der Waals surface area (Å²) in [6.07, 6.45) is 3.99. The van der Waals surface area contributed by atoms with Crippen LogP contribution in [0.1, 0.15) is 32.6 Å². The van der Waals surface area contributed by atoms with Crippen molar-refractivity contribution in [2.45, 2.75) is 38.6 Å². The lowest BCUT2D eigenvalue weighted by molar-refractivity contribution is 0.222. The number of hydrogen-bond donors (Lipinski definition) is 2. The van der Waals surface area contributed by atoms with Crippen molar-refractivity contribution in [3.63, 3.8) is 0 Å². The summed E-state index contributed by atoms with van der Waals surface area (Å²) in [4.78, 5) is 12.1. The first-order chi connectivity index (χ1) is 9.22. The van der Waals surface area contributed by atoms with Gasteiger partial charge in [0, 0.05) is 18.6 Å². The average Bonchev–Trinajstić information content (AvgIpc) is 2.83. The Morgan fingerprint density at radius 1 is 1.37 bits per heavy atom. The maximum absolute atomic E-state index is 9.30. The Kier molecular flexibility index (Phi) is 5.15. The van der Waals surface area contributed by atoms with Crippen molar-refractivity contribution in [2.75, 3.05) is 18.5 Å². The summed E-state index contributed by atoms with van der Waals surface area (Å²) in [7, 11) is 0. The molecule has 1 aliphatic rings. The van der Waals surface area contributed by atoms with E-state index in [2.05, 4.69) is 20.3 Å². The molecule has 1 heterocycles. The van der Waals surface area contributed by atoms with E-state index in [1.807, 2.05) is 6.92 Å². The highest BCUT2D eigenvalue weighted by Crippen LogP contribution is 2.27. The molecule has 6 nitrogen and oxygen atoms in total. The van der Waals surface area contributed by atoms with Crippen molar-refractivity contribution in [1.82, 2.24) is 15.0 Å². The normalized spacial score (nSPS) is 22.5. The molecular formula is C12H19ClN4O2. The van der Waals surface area contributed by atoms with E-state index in [0.717, 1.165) is 25.7 Å². The third-order valence-corrected chi connectivity index (χ3v) is 3.40. The summed E-state index contributed by atoms with van der Waals surface area (Å²) in [6, 6.07) is 0.422. The molecular weight excluding hydrogens is 268 g/mol. The minimum Gasteiger partial charge on any atom is -0.463 e. The number of nitrogens with one attached hydrogen (secondary N) is 1. The maximum Gasteiger partial charge on any atom is 0.322 e. The predicted molar refractivity (Wildman–Crippen MR) is 72.5 cm³/mol. The number of aliphatic hydroxyl groups excluding tert-OH is 1. The molecule has 0 radical (unpaired) electrons. The summed E-state index contributed by atoms with van der Waals surface area (Å²) < 4.78 is 5.36. The van der Waals surface area contributed by atoms with E-state index in [0.29, 0.717) is 12.6 Å². The molecule has 2 N–H and O–H groups in total. The fraction of sp³-hybridized carbons (Fsp3) is 0.750. The Bertz CT molecular complexity index is 419. The van der Waals surface area contributed by atoms with Crippen LogP contribution in [0.15, 0.2) is 0 Å². The average molecular weight is 287 g/mol. The van der Waals surface area contributed by atoms with Crippen LogP contribution in [0.4, 0.5) is 5.95 Å². The first kappa shape index (κ1) is 14.3. The number of ether oxygens (including phenoxy) is 1. The quantitative estimate of drug-likeness (QED) is 0.831. The highest BCUT2D eigenvalue weighted by atomic mass is 35.5. The van der Waals surface area contributed by atoms with E-state index in [-0.39, 0.29) is 29.9 Å². The van der Waals surface area contributed by atoms with Gasteiger partial charge in [-0.2, -0.15) is 15.0 Å². The molecule has 19 heavy (non-hydrogen) atoms. The molecule has 1 saturated carbocycles. The molecule has 2 atom stereocenters. The van der Waals surface area contributed by atoms with Gasteiger partial charge in [0.15, 0.2) is 0 Å². The second-order valence-corrected chi connectivity index (χ2v) is 5.02. The van der Waals surface area contributed by atoms with Gasteiger partial charge in [0.05, 0.1) is 6.61 Å². The van der Waals surface area contributed by atoms with Gasteiger partial charge in [0.1, 0.15) is 0 Å². The Balaban J connectivity index is 2.04. The zero-order chi connectivity index (χ0) is 13.7. The van der Waals surface area contributed by atoms with Crippen molar-refractivity contribution in [2.24, 2.45) is 5.92 Å². The molecule has 1 aromatic rings. The van der Waals surface area contributed by atoms with Crippen molar-refractivity contribution >= 4 is 17.5 Å². The van der Waals surface area contributed by atoms with Crippen molar-refractivity contribution < 1.29 is 9.84 Å². The van der Waals surface area contributed by atoms with Crippen molar-refractivity contribution in [3.05, 3.63) is 5.28 Å². The molecule has 106 valence electrons. The summed E-state index contributed by atoms with van der Waals surface area (Å²) in [5.41, 5.74) is 0. The zero-order valence-electron chi connectivity index (χ0n) is 11.0. The van der Waals surface area contributed by atoms with Crippen LogP contribution in [-0.2, 0) is 0 Å². The van der Waals surface area contributed by atoms with Crippen LogP contribution in [0.3, 0.4) is 0 Å². The molecule has 0 bridgehead atoms. The molecule has 0 aromatic carbocycles. The number of rotatable bonds is 6. The van der Waals surface area contributed by atoms with Gasteiger partial charge in [-0.05, 0) is 30.9 Å². The van der Waals surface area contributed by atoms with Gasteiger partial charge in [-0.3, -0.25) is 0 Å². The fourth-order valence-electron chi connectivity index (χ4n) is 2.27. The van der Waals surface area contributed by atoms with Gasteiger partial charge < -0.3 is 15.2 Å². The molecule has 1 aliphatic carbocycles. The minimum atomic E-state index is 0.113. The van der Waals surface area contributed by atoms with E-state index < -0.39 is 0 Å². The summed E-state index contributed by atoms with van der Waals surface area (Å²) in [6.45, 7) is 2.73. The summed E-state index contributed by atoms with van der Waals surface area (Å²) >= 11 is 5.85. The number of hydrogen-bond acceptors (Lipinski definition) is 6. The standard InChI is InChI=1S/C12H19ClN4O2/c1-2-6-19-12-16-10(13)15-11(17-12)14-9-5-3-4-8(9)7-18/h8-9,18H,2-7H2,1H3,(H,14,15,16,17). The minimum absolute atomic E-state index is 0.113. The van der Waals surface area contributed by atoms with E-state index in [1.165, 1.54) is 0 Å². The zero-order valence-corrected chi connectivity index (χ0v) is 11.7. The van der Waals surface area contributed by atoms with Gasteiger partial charge in [-0.25, -0.2) is 0 Å². The number of anilines is 1. The van der Waals surface area contributed by atoms with Gasteiger partial charge in [-0.15, -0.1) is 0 Å². The van der Waals surface area contributed by atoms with Gasteiger partial charge in [-0.1, -0.05) is 13.3 Å². The Labute approximate surface area is 117 Å². The molecule has 0 aliphatic heterocycles. The molecule has 0 spiro atoms. The van der Waals surface area contributed by atoms with E-state index in [4.69, 9.17) is 16.3 Å². The van der Waals surface area contributed by atoms with Crippen LogP contribution in [-0.4, -0.2) is 39.3 Å². The topological polar surface area (TPSA) is 80.2 Å². The monoisotopic (exact) mass is 286 g/mol. The lowest BCUT2D eigenvalue weighted by Crippen LogP contribution is -2.27. The molecule has 0 saturated heterocycles. The SMILES string of the molecule is CCCOc1nc(Cl)nc(NC2CCCC2CO)n1. The predicted octanol–water partition coefficient (Wildman–Crippen LogP) is 1.89. The second-order valence-electron chi connectivity index (χ2n) is 4.68. The van der Waals surface area contributed by atoms with Crippen LogP contribution in [0.5, 0.6) is 6.01 Å². The third-order valence-electron chi connectivity index (χ3n) is 3.23. The first-order valence-electron chi connectivity index (χ1n) is 6.64. The van der Waals surface area contributed by atoms with Gasteiger partial charge in [0.2, 0.25) is 11.2 Å². The fourth-order valence-corrected chi connectivity index (χ4v) is 2.42. The van der Waals surface area contributed by atoms with Crippen molar-refractivity contribution in [3.8, 4) is 6.01 Å². The molecule has 2 rings (SSSR count). The number of nitrogens with zero attached hydrogens (tertiary/aromatic N) is 3. The van der Waals surface area contributed by atoms with E-state index in [9.17, 15) is 5.11 Å². The third kappa shape index (κ3) is 3.91. The summed E-state index contributed by atoms with van der Waals surface area (Å²) in [5, 5.41) is 12.6. The largest absolute Gasteiger partial charge is 0.463 e. The Hall–Kier alpha value is -1.14. The Morgan fingerprint density at radius 3 is 2.95 bits per heavy atom. The summed E-state index contributed by atoms with van der Waals surface area (Å²) in [5.74, 6) is 0.659. The highest BCUT2D eigenvalue weighted by Gasteiger charge is 2.27. The van der Waals surface area contributed by atoms with Crippen LogP contribution in [0.2, 0.25) is 5.28 Å². The lowest BCUT2D eigenvalue weighted by atomic mass is 10.1. The molecule has 1 aromatic heterocycles. The molecule has 2 unspecified atom stereocenters. The lowest BCUT2D eigenvalue weighted by Gasteiger charge is -2.18. The van der Waals surface area contributed by atoms with Gasteiger partial charge >= 0.3 is 6.01 Å². The highest BCUT2D eigenvalue weighted by molar-refractivity contribution is 6.28. The smallest absolute Gasteiger partial charge is 0.322 e. The van der Waals surface area contributed by atoms with Crippen molar-refractivity contribution in [1.29, 1.82) is 0 Å². The number of aliphatic hydroxyl groups is 1. The molecule has 0 amide bonds. The first-order valence-corrected chi connectivity index (χ1v) is 7.02. The molecule has 1 fully saturated rings. The van der Waals surface area contributed by atoms with Crippen LogP contribution < -0.4 is 10.1 Å². The van der Waals surface area contributed by atoms with E-state index in [1.54, 1.807) is 0 Å². The number of halogens is 1. The number of aromatic nitrogens is 3. The second kappa shape index (κ2) is 6.86. The van der Waals surface area contributed by atoms with Gasteiger partial charge in [0.25, 0.3) is 0 Å². The molecule has 7 heteroatoms. The Morgan fingerprint density at radius 2 is 2.21 bits per heavy atom. The van der Waals surface area contributed by atoms with Crippen LogP contribution >= 0.6 is 11.6 Å². The van der Waals surface area contributed by atoms with Crippen LogP contribution in [0, 0.1) is 5.92 Å². The van der Waals surface area contributed by atoms with Crippen LogP contribution in [0.25, 0.3) is 0 Å².